The highest BCUT2D eigenvalue weighted by Crippen LogP contribution is 2.42. The second-order valence-electron chi connectivity index (χ2n) is 5.09. The van der Waals surface area contributed by atoms with Crippen LogP contribution in [0.15, 0.2) is 51.7 Å². The smallest absolute Gasteiger partial charge is 0.254 e. The summed E-state index contributed by atoms with van der Waals surface area (Å²) >= 11 is 3.66. The van der Waals surface area contributed by atoms with Gasteiger partial charge in [0.15, 0.2) is 0 Å². The topological polar surface area (TPSA) is 20.3 Å². The molecule has 0 radical (unpaired) electrons. The number of allylic oxidation sites excluding steroid dienone is 2. The lowest BCUT2D eigenvalue weighted by molar-refractivity contribution is -0.124. The summed E-state index contributed by atoms with van der Waals surface area (Å²) in [6, 6.07) is 10.2. The van der Waals surface area contributed by atoms with E-state index in [0.717, 1.165) is 30.5 Å². The van der Waals surface area contributed by atoms with Crippen LogP contribution in [-0.2, 0) is 11.3 Å². The lowest BCUT2D eigenvalue weighted by Gasteiger charge is -2.24. The summed E-state index contributed by atoms with van der Waals surface area (Å²) < 4.78 is 1.18. The molecule has 0 bridgehead atoms. The van der Waals surface area contributed by atoms with Gasteiger partial charge in [-0.15, -0.1) is 0 Å². The zero-order chi connectivity index (χ0) is 13.4. The molecule has 0 unspecified atom stereocenters. The molecule has 1 aromatic carbocycles. The van der Waals surface area contributed by atoms with E-state index in [9.17, 15) is 4.79 Å². The van der Waals surface area contributed by atoms with Crippen molar-refractivity contribution < 1.29 is 4.79 Å². The largest absolute Gasteiger partial charge is 0.303 e. The zero-order valence-corrected chi connectivity index (χ0v) is 12.5. The van der Waals surface area contributed by atoms with Gasteiger partial charge in [0.05, 0.1) is 12.2 Å². The lowest BCUT2D eigenvalue weighted by atomic mass is 9.97. The van der Waals surface area contributed by atoms with Crippen molar-refractivity contribution in [1.29, 1.82) is 0 Å². The van der Waals surface area contributed by atoms with Crippen molar-refractivity contribution >= 4 is 21.8 Å². The third kappa shape index (κ3) is 2.16. The molecule has 19 heavy (non-hydrogen) atoms. The van der Waals surface area contributed by atoms with Gasteiger partial charge in [-0.2, -0.15) is 0 Å². The number of amides is 1. The average Bonchev–Trinajstić information content (AvgIpc) is 2.67. The van der Waals surface area contributed by atoms with Crippen molar-refractivity contribution in [2.45, 2.75) is 32.7 Å². The summed E-state index contributed by atoms with van der Waals surface area (Å²) in [5.41, 5.74) is 4.45. The molecule has 3 rings (SSSR count). The van der Waals surface area contributed by atoms with Crippen molar-refractivity contribution in [3.63, 3.8) is 0 Å². The van der Waals surface area contributed by atoms with Crippen LogP contribution in [0.3, 0.4) is 0 Å². The van der Waals surface area contributed by atoms with Crippen LogP contribution in [0, 0.1) is 0 Å². The minimum Gasteiger partial charge on any atom is -0.303 e. The van der Waals surface area contributed by atoms with E-state index in [0.29, 0.717) is 6.54 Å². The quantitative estimate of drug-likeness (QED) is 0.803. The Morgan fingerprint density at radius 3 is 2.68 bits per heavy atom. The maximum absolute atomic E-state index is 12.4. The van der Waals surface area contributed by atoms with E-state index in [1.807, 2.05) is 30.0 Å². The molecule has 2 nitrogen and oxygen atoms in total. The van der Waals surface area contributed by atoms with Gasteiger partial charge in [-0.25, -0.2) is 0 Å². The molecule has 1 aromatic rings. The van der Waals surface area contributed by atoms with Crippen molar-refractivity contribution in [1.82, 2.24) is 4.90 Å². The summed E-state index contributed by atoms with van der Waals surface area (Å²) in [5.74, 6) is 0.160. The monoisotopic (exact) mass is 317 g/mol. The number of fused-ring (bicyclic) bond motifs is 1. The van der Waals surface area contributed by atoms with Crippen molar-refractivity contribution in [2.24, 2.45) is 0 Å². The average molecular weight is 318 g/mol. The maximum Gasteiger partial charge on any atom is 0.254 e. The number of carbonyl (C=O) groups is 1. The van der Waals surface area contributed by atoms with E-state index in [-0.39, 0.29) is 5.91 Å². The molecule has 2 aliphatic rings. The molecule has 0 N–H and O–H groups in total. The van der Waals surface area contributed by atoms with Gasteiger partial charge in [-0.05, 0) is 37.3 Å². The van der Waals surface area contributed by atoms with Crippen LogP contribution in [0.25, 0.3) is 0 Å². The summed E-state index contributed by atoms with van der Waals surface area (Å²) in [7, 11) is 0. The third-order valence-corrected chi connectivity index (χ3v) is 4.61. The fourth-order valence-corrected chi connectivity index (χ4v) is 3.58. The van der Waals surface area contributed by atoms with Crippen LogP contribution in [0.1, 0.15) is 31.7 Å². The SMILES string of the molecule is CC1=C2CCCC(Br)=C2N(Cc2ccccc2)C1=O. The minimum atomic E-state index is 0.160. The zero-order valence-electron chi connectivity index (χ0n) is 10.9. The highest BCUT2D eigenvalue weighted by molar-refractivity contribution is 9.11. The fraction of sp³-hybridized carbons (Fsp3) is 0.312. The van der Waals surface area contributed by atoms with Gasteiger partial charge >= 0.3 is 0 Å². The van der Waals surface area contributed by atoms with Gasteiger partial charge in [-0.3, -0.25) is 4.79 Å². The predicted octanol–water partition coefficient (Wildman–Crippen LogP) is 4.14. The number of rotatable bonds is 2. The molecule has 3 heteroatoms. The van der Waals surface area contributed by atoms with Gasteiger partial charge in [0.1, 0.15) is 0 Å². The summed E-state index contributed by atoms with van der Waals surface area (Å²) in [4.78, 5) is 14.4. The van der Waals surface area contributed by atoms with Gasteiger partial charge in [0, 0.05) is 10.1 Å². The summed E-state index contributed by atoms with van der Waals surface area (Å²) in [5, 5.41) is 0. The molecule has 0 spiro atoms. The fourth-order valence-electron chi connectivity index (χ4n) is 2.85. The molecule has 0 atom stereocenters. The molecule has 0 saturated carbocycles. The highest BCUT2D eigenvalue weighted by Gasteiger charge is 2.35. The first-order valence-electron chi connectivity index (χ1n) is 6.63. The van der Waals surface area contributed by atoms with E-state index in [1.54, 1.807) is 0 Å². The number of hydrogen-bond acceptors (Lipinski definition) is 1. The number of carbonyl (C=O) groups excluding carboxylic acids is 1. The lowest BCUT2D eigenvalue weighted by Crippen LogP contribution is -2.26. The molecule has 98 valence electrons. The van der Waals surface area contributed by atoms with Crippen LogP contribution in [0.4, 0.5) is 0 Å². The number of hydrogen-bond donors (Lipinski definition) is 0. The molecule has 0 fully saturated rings. The summed E-state index contributed by atoms with van der Waals surface area (Å²) in [6.45, 7) is 2.61. The van der Waals surface area contributed by atoms with Crippen LogP contribution in [0.2, 0.25) is 0 Å². The normalized spacial score (nSPS) is 19.3. The van der Waals surface area contributed by atoms with Crippen molar-refractivity contribution in [2.75, 3.05) is 0 Å². The van der Waals surface area contributed by atoms with E-state index < -0.39 is 0 Å². The second kappa shape index (κ2) is 4.97. The molecular weight excluding hydrogens is 302 g/mol. The van der Waals surface area contributed by atoms with Crippen LogP contribution >= 0.6 is 15.9 Å². The van der Waals surface area contributed by atoms with Crippen molar-refractivity contribution in [3.05, 3.63) is 57.2 Å². The Kier molecular flexibility index (Phi) is 3.31. The molecule has 1 heterocycles. The Labute approximate surface area is 121 Å². The first-order chi connectivity index (χ1) is 9.18. The van der Waals surface area contributed by atoms with E-state index in [4.69, 9.17) is 0 Å². The highest BCUT2D eigenvalue weighted by atomic mass is 79.9. The molecule has 1 aliphatic heterocycles. The number of benzene rings is 1. The van der Waals surface area contributed by atoms with Crippen molar-refractivity contribution in [3.8, 4) is 0 Å². The Bertz CT molecular complexity index is 586. The number of halogens is 1. The first kappa shape index (κ1) is 12.7. The molecule has 1 amide bonds. The Hall–Kier alpha value is -1.35. The van der Waals surface area contributed by atoms with E-state index in [2.05, 4.69) is 28.1 Å². The van der Waals surface area contributed by atoms with Crippen LogP contribution in [0.5, 0.6) is 0 Å². The third-order valence-electron chi connectivity index (χ3n) is 3.84. The van der Waals surface area contributed by atoms with E-state index in [1.165, 1.54) is 15.6 Å². The van der Waals surface area contributed by atoms with E-state index >= 15 is 0 Å². The molecule has 1 aliphatic carbocycles. The number of nitrogens with zero attached hydrogens (tertiary/aromatic N) is 1. The predicted molar refractivity (Wildman–Crippen MR) is 79.5 cm³/mol. The van der Waals surface area contributed by atoms with Gasteiger partial charge in [-0.1, -0.05) is 46.3 Å². The first-order valence-corrected chi connectivity index (χ1v) is 7.42. The Morgan fingerprint density at radius 2 is 1.95 bits per heavy atom. The standard InChI is InChI=1S/C16H16BrNO/c1-11-13-8-5-9-14(17)15(13)18(16(11)19)10-12-6-3-2-4-7-12/h2-4,6-7H,5,8-10H2,1H3. The van der Waals surface area contributed by atoms with Gasteiger partial charge in [0.25, 0.3) is 5.91 Å². The van der Waals surface area contributed by atoms with Gasteiger partial charge < -0.3 is 4.90 Å². The Balaban J connectivity index is 1.97. The van der Waals surface area contributed by atoms with Crippen LogP contribution in [-0.4, -0.2) is 10.8 Å². The Morgan fingerprint density at radius 1 is 1.21 bits per heavy atom. The maximum atomic E-state index is 12.4. The van der Waals surface area contributed by atoms with Crippen LogP contribution < -0.4 is 0 Å². The molecular formula is C16H16BrNO. The summed E-state index contributed by atoms with van der Waals surface area (Å²) in [6.07, 6.45) is 3.18. The minimum absolute atomic E-state index is 0.160. The molecule has 0 aromatic heterocycles. The second-order valence-corrected chi connectivity index (χ2v) is 6.04. The molecule has 0 saturated heterocycles. The van der Waals surface area contributed by atoms with Gasteiger partial charge in [0.2, 0.25) is 0 Å².